The summed E-state index contributed by atoms with van der Waals surface area (Å²) >= 11 is 0. The van der Waals surface area contributed by atoms with E-state index >= 15 is 0 Å². The highest BCUT2D eigenvalue weighted by Crippen LogP contribution is 2.29. The van der Waals surface area contributed by atoms with Crippen molar-refractivity contribution < 1.29 is 18.0 Å². The second kappa shape index (κ2) is 6.42. The van der Waals surface area contributed by atoms with Crippen LogP contribution in [0.5, 0.6) is 0 Å². The molecule has 0 aliphatic heterocycles. The Morgan fingerprint density at radius 3 is 2.30 bits per heavy atom. The Kier molecular flexibility index (Phi) is 5.14. The van der Waals surface area contributed by atoms with Gasteiger partial charge in [0.15, 0.2) is 0 Å². The SMILES string of the molecule is CCN(CC(C)C#N)C(=O)c1ccc(C(F)(F)F)cc1. The Hall–Kier alpha value is -2.03. The fourth-order valence-corrected chi connectivity index (χ4v) is 1.71. The first-order valence-corrected chi connectivity index (χ1v) is 6.15. The summed E-state index contributed by atoms with van der Waals surface area (Å²) in [6.07, 6.45) is -4.42. The lowest BCUT2D eigenvalue weighted by molar-refractivity contribution is -0.137. The van der Waals surface area contributed by atoms with Crippen LogP contribution in [0.1, 0.15) is 29.8 Å². The van der Waals surface area contributed by atoms with Crippen molar-refractivity contribution in [3.63, 3.8) is 0 Å². The van der Waals surface area contributed by atoms with Gasteiger partial charge in [-0.1, -0.05) is 0 Å². The van der Waals surface area contributed by atoms with E-state index < -0.39 is 11.7 Å². The molecule has 20 heavy (non-hydrogen) atoms. The summed E-state index contributed by atoms with van der Waals surface area (Å²) in [5.74, 6) is -0.698. The van der Waals surface area contributed by atoms with Gasteiger partial charge in [-0.15, -0.1) is 0 Å². The molecule has 0 saturated heterocycles. The number of hydrogen-bond acceptors (Lipinski definition) is 2. The van der Waals surface area contributed by atoms with Crippen LogP contribution in [-0.4, -0.2) is 23.9 Å². The Morgan fingerprint density at radius 1 is 1.35 bits per heavy atom. The molecule has 1 aromatic rings. The number of carbonyl (C=O) groups excluding carboxylic acids is 1. The number of alkyl halides is 3. The van der Waals surface area contributed by atoms with Crippen LogP contribution in [0.4, 0.5) is 13.2 Å². The minimum Gasteiger partial charge on any atom is -0.338 e. The number of nitrogens with zero attached hydrogens (tertiary/aromatic N) is 2. The van der Waals surface area contributed by atoms with E-state index in [9.17, 15) is 18.0 Å². The van der Waals surface area contributed by atoms with Crippen molar-refractivity contribution in [3.05, 3.63) is 35.4 Å². The van der Waals surface area contributed by atoms with Gasteiger partial charge in [0.05, 0.1) is 17.6 Å². The summed E-state index contributed by atoms with van der Waals surface area (Å²) in [6, 6.07) is 6.11. The predicted octanol–water partition coefficient (Wildman–Crippen LogP) is 3.33. The molecule has 1 atom stereocenters. The first kappa shape index (κ1) is 16.0. The average molecular weight is 284 g/mol. The van der Waals surface area contributed by atoms with Gasteiger partial charge < -0.3 is 4.90 Å². The van der Waals surface area contributed by atoms with Crippen LogP contribution >= 0.6 is 0 Å². The van der Waals surface area contributed by atoms with Crippen molar-refractivity contribution in [3.8, 4) is 6.07 Å². The van der Waals surface area contributed by atoms with Crippen molar-refractivity contribution in [2.45, 2.75) is 20.0 Å². The van der Waals surface area contributed by atoms with Gasteiger partial charge in [-0.2, -0.15) is 18.4 Å². The number of amides is 1. The van der Waals surface area contributed by atoms with Crippen molar-refractivity contribution in [1.82, 2.24) is 4.90 Å². The maximum Gasteiger partial charge on any atom is 0.416 e. The molecule has 0 radical (unpaired) electrons. The fraction of sp³-hybridized carbons (Fsp3) is 0.429. The molecule has 0 spiro atoms. The third-order valence-corrected chi connectivity index (χ3v) is 2.84. The first-order valence-electron chi connectivity index (χ1n) is 6.15. The minimum absolute atomic E-state index is 0.185. The summed E-state index contributed by atoms with van der Waals surface area (Å²) < 4.78 is 37.3. The molecule has 0 aliphatic carbocycles. The van der Waals surface area contributed by atoms with Crippen LogP contribution in [0.3, 0.4) is 0 Å². The van der Waals surface area contributed by atoms with Crippen molar-refractivity contribution in [2.24, 2.45) is 5.92 Å². The molecule has 6 heteroatoms. The van der Waals surface area contributed by atoms with Crippen molar-refractivity contribution >= 4 is 5.91 Å². The maximum absolute atomic E-state index is 12.4. The highest BCUT2D eigenvalue weighted by molar-refractivity contribution is 5.94. The number of carbonyl (C=O) groups is 1. The van der Waals surface area contributed by atoms with Crippen LogP contribution in [-0.2, 0) is 6.18 Å². The Balaban J connectivity index is 2.89. The van der Waals surface area contributed by atoms with Crippen LogP contribution in [0.25, 0.3) is 0 Å². The van der Waals surface area contributed by atoms with Crippen LogP contribution < -0.4 is 0 Å². The number of hydrogen-bond donors (Lipinski definition) is 0. The van der Waals surface area contributed by atoms with Gasteiger partial charge >= 0.3 is 6.18 Å². The molecule has 0 saturated carbocycles. The normalized spacial score (nSPS) is 12.6. The molecular weight excluding hydrogens is 269 g/mol. The molecular formula is C14H15F3N2O. The predicted molar refractivity (Wildman–Crippen MR) is 67.8 cm³/mol. The zero-order valence-corrected chi connectivity index (χ0v) is 11.2. The number of rotatable bonds is 4. The lowest BCUT2D eigenvalue weighted by Gasteiger charge is -2.22. The monoisotopic (exact) mass is 284 g/mol. The summed E-state index contributed by atoms with van der Waals surface area (Å²) in [7, 11) is 0. The number of halogens is 3. The Labute approximate surface area is 115 Å². The summed E-state index contributed by atoms with van der Waals surface area (Å²) in [5.41, 5.74) is -0.604. The Bertz CT molecular complexity index is 503. The zero-order chi connectivity index (χ0) is 15.3. The standard InChI is InChI=1S/C14H15F3N2O/c1-3-19(9-10(2)8-18)13(20)11-4-6-12(7-5-11)14(15,16)17/h4-7,10H,3,9H2,1-2H3. The third-order valence-electron chi connectivity index (χ3n) is 2.84. The van der Waals surface area contributed by atoms with Gasteiger partial charge in [0.2, 0.25) is 0 Å². The summed E-state index contributed by atoms with van der Waals surface area (Å²) in [5, 5.41) is 8.74. The molecule has 3 nitrogen and oxygen atoms in total. The quantitative estimate of drug-likeness (QED) is 0.851. The third kappa shape index (κ3) is 3.98. The largest absolute Gasteiger partial charge is 0.416 e. The topological polar surface area (TPSA) is 44.1 Å². The zero-order valence-electron chi connectivity index (χ0n) is 11.2. The van der Waals surface area contributed by atoms with E-state index in [1.807, 2.05) is 6.07 Å². The van der Waals surface area contributed by atoms with E-state index in [1.54, 1.807) is 13.8 Å². The molecule has 0 heterocycles. The number of nitriles is 1. The Morgan fingerprint density at radius 2 is 1.90 bits per heavy atom. The van der Waals surface area contributed by atoms with Crippen LogP contribution in [0.2, 0.25) is 0 Å². The highest BCUT2D eigenvalue weighted by atomic mass is 19.4. The highest BCUT2D eigenvalue weighted by Gasteiger charge is 2.30. The molecule has 108 valence electrons. The van der Waals surface area contributed by atoms with E-state index in [0.717, 1.165) is 24.3 Å². The second-order valence-electron chi connectivity index (χ2n) is 4.45. The van der Waals surface area contributed by atoms with Crippen LogP contribution in [0, 0.1) is 17.2 Å². The van der Waals surface area contributed by atoms with E-state index in [-0.39, 0.29) is 23.9 Å². The lowest BCUT2D eigenvalue weighted by Crippen LogP contribution is -2.34. The molecule has 1 aromatic carbocycles. The molecule has 0 aliphatic rings. The van der Waals surface area contributed by atoms with Crippen molar-refractivity contribution in [1.29, 1.82) is 5.26 Å². The van der Waals surface area contributed by atoms with Gasteiger partial charge in [0, 0.05) is 18.7 Å². The smallest absolute Gasteiger partial charge is 0.338 e. The van der Waals surface area contributed by atoms with E-state index in [0.29, 0.717) is 6.54 Å². The summed E-state index contributed by atoms with van der Waals surface area (Å²) in [6.45, 7) is 4.09. The summed E-state index contributed by atoms with van der Waals surface area (Å²) in [4.78, 5) is 13.6. The van der Waals surface area contributed by atoms with Crippen molar-refractivity contribution in [2.75, 3.05) is 13.1 Å². The van der Waals surface area contributed by atoms with Gasteiger partial charge in [0.25, 0.3) is 5.91 Å². The molecule has 0 N–H and O–H groups in total. The lowest BCUT2D eigenvalue weighted by atomic mass is 10.1. The molecule has 1 amide bonds. The fourth-order valence-electron chi connectivity index (χ4n) is 1.71. The van der Waals surface area contributed by atoms with Gasteiger partial charge in [0.1, 0.15) is 0 Å². The molecule has 0 aromatic heterocycles. The van der Waals surface area contributed by atoms with Gasteiger partial charge in [-0.05, 0) is 38.1 Å². The van der Waals surface area contributed by atoms with E-state index in [2.05, 4.69) is 0 Å². The minimum atomic E-state index is -4.42. The maximum atomic E-state index is 12.4. The van der Waals surface area contributed by atoms with Gasteiger partial charge in [-0.25, -0.2) is 0 Å². The second-order valence-corrected chi connectivity index (χ2v) is 4.45. The van der Waals surface area contributed by atoms with Gasteiger partial charge in [-0.3, -0.25) is 4.79 Å². The van der Waals surface area contributed by atoms with E-state index in [1.165, 1.54) is 4.90 Å². The van der Waals surface area contributed by atoms with E-state index in [4.69, 9.17) is 5.26 Å². The molecule has 0 bridgehead atoms. The average Bonchev–Trinajstić information content (AvgIpc) is 2.42. The molecule has 0 fully saturated rings. The first-order chi connectivity index (χ1) is 9.29. The number of benzene rings is 1. The molecule has 1 rings (SSSR count). The molecule has 1 unspecified atom stereocenters. The van der Waals surface area contributed by atoms with Crippen LogP contribution in [0.15, 0.2) is 24.3 Å².